The Morgan fingerprint density at radius 2 is 2.10 bits per heavy atom. The Kier molecular flexibility index (Phi) is 4.08. The van der Waals surface area contributed by atoms with E-state index in [1.54, 1.807) is 18.2 Å². The van der Waals surface area contributed by atoms with E-state index in [0.29, 0.717) is 16.3 Å². The molecule has 1 unspecified atom stereocenters. The van der Waals surface area contributed by atoms with Gasteiger partial charge in [-0.25, -0.2) is 4.79 Å². The number of aromatic carboxylic acids is 1. The van der Waals surface area contributed by atoms with Crippen LogP contribution in [0.2, 0.25) is 5.02 Å². The summed E-state index contributed by atoms with van der Waals surface area (Å²) in [5, 5.41) is 13.3. The lowest BCUT2D eigenvalue weighted by Crippen LogP contribution is -2.17. The van der Waals surface area contributed by atoms with Gasteiger partial charge in [0.1, 0.15) is 0 Å². The highest BCUT2D eigenvalue weighted by Crippen LogP contribution is 2.39. The highest BCUT2D eigenvalue weighted by atomic mass is 35.5. The first-order chi connectivity index (χ1) is 10.1. The molecule has 0 saturated carbocycles. The fraction of sp³-hybridized carbons (Fsp3) is 0.188. The number of benzene rings is 2. The molecule has 5 heteroatoms. The molecule has 0 spiro atoms. The van der Waals surface area contributed by atoms with E-state index in [1.807, 2.05) is 36.0 Å². The summed E-state index contributed by atoms with van der Waals surface area (Å²) in [5.41, 5.74) is 2.08. The number of carboxylic acid groups (broad SMARTS) is 1. The molecule has 0 aromatic heterocycles. The number of para-hydroxylation sites is 1. The Hall–Kier alpha value is -1.65. The molecule has 2 N–H and O–H groups in total. The van der Waals surface area contributed by atoms with Crippen molar-refractivity contribution in [1.29, 1.82) is 0 Å². The highest BCUT2D eigenvalue weighted by Gasteiger charge is 2.22. The van der Waals surface area contributed by atoms with Crippen LogP contribution in [0.25, 0.3) is 0 Å². The van der Waals surface area contributed by atoms with Gasteiger partial charge >= 0.3 is 5.97 Å². The van der Waals surface area contributed by atoms with Crippen LogP contribution in [0.5, 0.6) is 0 Å². The largest absolute Gasteiger partial charge is 0.478 e. The fourth-order valence-electron chi connectivity index (χ4n) is 2.50. The first-order valence-corrected chi connectivity index (χ1v) is 8.02. The molecule has 0 amide bonds. The zero-order valence-electron chi connectivity index (χ0n) is 11.2. The van der Waals surface area contributed by atoms with Crippen LogP contribution in [0.4, 0.5) is 5.69 Å². The number of thioether (sulfide) groups is 1. The van der Waals surface area contributed by atoms with E-state index in [9.17, 15) is 9.90 Å². The molecule has 108 valence electrons. The molecule has 1 aliphatic rings. The highest BCUT2D eigenvalue weighted by molar-refractivity contribution is 7.99. The minimum absolute atomic E-state index is 0.0837. The van der Waals surface area contributed by atoms with Crippen molar-refractivity contribution in [2.45, 2.75) is 17.4 Å². The quantitative estimate of drug-likeness (QED) is 0.862. The van der Waals surface area contributed by atoms with Crippen molar-refractivity contribution < 1.29 is 9.90 Å². The lowest BCUT2D eigenvalue weighted by atomic mass is 10.0. The predicted octanol–water partition coefficient (Wildman–Crippen LogP) is 4.69. The van der Waals surface area contributed by atoms with Crippen LogP contribution in [0.3, 0.4) is 0 Å². The van der Waals surface area contributed by atoms with Gasteiger partial charge in [-0.05, 0) is 42.3 Å². The summed E-state index contributed by atoms with van der Waals surface area (Å²) in [6, 6.07) is 12.9. The van der Waals surface area contributed by atoms with E-state index < -0.39 is 5.97 Å². The van der Waals surface area contributed by atoms with Crippen LogP contribution < -0.4 is 5.32 Å². The summed E-state index contributed by atoms with van der Waals surface area (Å²) < 4.78 is 0. The van der Waals surface area contributed by atoms with E-state index in [2.05, 4.69) is 5.32 Å². The first-order valence-electron chi connectivity index (χ1n) is 6.66. The van der Waals surface area contributed by atoms with Gasteiger partial charge in [0.25, 0.3) is 0 Å². The molecule has 1 atom stereocenters. The predicted molar refractivity (Wildman–Crippen MR) is 86.6 cm³/mol. The SMILES string of the molecule is O=C(O)c1ccccc1NC1CCSc2ccc(Cl)cc21. The fourth-order valence-corrected chi connectivity index (χ4v) is 3.78. The number of nitrogens with one attached hydrogen (secondary N) is 1. The molecule has 0 aliphatic carbocycles. The number of hydrogen-bond acceptors (Lipinski definition) is 3. The van der Waals surface area contributed by atoms with Crippen LogP contribution in [0, 0.1) is 0 Å². The van der Waals surface area contributed by atoms with Crippen molar-refractivity contribution in [2.75, 3.05) is 11.1 Å². The van der Waals surface area contributed by atoms with Gasteiger partial charge in [-0.1, -0.05) is 23.7 Å². The van der Waals surface area contributed by atoms with Crippen LogP contribution in [0.1, 0.15) is 28.4 Å². The third kappa shape index (κ3) is 3.01. The standard InChI is InChI=1S/C16H14ClNO2S/c17-10-5-6-15-12(9-10)14(7-8-21-15)18-13-4-2-1-3-11(13)16(19)20/h1-6,9,14,18H,7-8H2,(H,19,20). The average molecular weight is 320 g/mol. The maximum absolute atomic E-state index is 11.3. The van der Waals surface area contributed by atoms with Crippen LogP contribution in [-0.4, -0.2) is 16.8 Å². The van der Waals surface area contributed by atoms with Gasteiger partial charge in [-0.15, -0.1) is 11.8 Å². The van der Waals surface area contributed by atoms with Crippen molar-refractivity contribution in [2.24, 2.45) is 0 Å². The van der Waals surface area contributed by atoms with Crippen molar-refractivity contribution in [3.63, 3.8) is 0 Å². The molecule has 0 fully saturated rings. The summed E-state index contributed by atoms with van der Waals surface area (Å²) in [6.07, 6.45) is 0.936. The molecule has 21 heavy (non-hydrogen) atoms. The number of carboxylic acids is 1. The molecule has 1 heterocycles. The normalized spacial score (nSPS) is 17.1. The lowest BCUT2D eigenvalue weighted by Gasteiger charge is -2.27. The number of fused-ring (bicyclic) bond motifs is 1. The third-order valence-corrected chi connectivity index (χ3v) is 4.86. The van der Waals surface area contributed by atoms with Crippen molar-refractivity contribution in [3.8, 4) is 0 Å². The molecule has 1 aliphatic heterocycles. The Morgan fingerprint density at radius 1 is 1.29 bits per heavy atom. The monoisotopic (exact) mass is 319 g/mol. The van der Waals surface area contributed by atoms with Gasteiger partial charge in [0.05, 0.1) is 11.6 Å². The summed E-state index contributed by atoms with van der Waals surface area (Å²) >= 11 is 7.90. The Labute approximate surface area is 132 Å². The number of halogens is 1. The van der Waals surface area contributed by atoms with Crippen molar-refractivity contribution >= 4 is 35.0 Å². The molecule has 0 radical (unpaired) electrons. The first kappa shape index (κ1) is 14.3. The molecule has 0 saturated heterocycles. The van der Waals surface area contributed by atoms with Crippen LogP contribution >= 0.6 is 23.4 Å². The van der Waals surface area contributed by atoms with E-state index in [4.69, 9.17) is 11.6 Å². The zero-order chi connectivity index (χ0) is 14.8. The van der Waals surface area contributed by atoms with Gasteiger partial charge in [-0.3, -0.25) is 0 Å². The number of rotatable bonds is 3. The van der Waals surface area contributed by atoms with Gasteiger partial charge in [0.15, 0.2) is 0 Å². The maximum Gasteiger partial charge on any atom is 0.337 e. The summed E-state index contributed by atoms with van der Waals surface area (Å²) in [4.78, 5) is 12.5. The van der Waals surface area contributed by atoms with E-state index in [-0.39, 0.29) is 6.04 Å². The molecule has 2 aromatic rings. The summed E-state index contributed by atoms with van der Waals surface area (Å²) in [7, 11) is 0. The van der Waals surface area contributed by atoms with Crippen molar-refractivity contribution in [3.05, 3.63) is 58.6 Å². The average Bonchev–Trinajstić information content (AvgIpc) is 2.48. The van der Waals surface area contributed by atoms with E-state index in [1.165, 1.54) is 4.90 Å². The molecule has 3 rings (SSSR count). The second-order valence-electron chi connectivity index (χ2n) is 4.87. The Bertz CT molecular complexity index is 690. The summed E-state index contributed by atoms with van der Waals surface area (Å²) in [6.45, 7) is 0. The van der Waals surface area contributed by atoms with E-state index in [0.717, 1.165) is 17.7 Å². The van der Waals surface area contributed by atoms with E-state index >= 15 is 0 Å². The smallest absolute Gasteiger partial charge is 0.337 e. The topological polar surface area (TPSA) is 49.3 Å². The van der Waals surface area contributed by atoms with Gasteiger partial charge in [-0.2, -0.15) is 0 Å². The molecule has 3 nitrogen and oxygen atoms in total. The minimum Gasteiger partial charge on any atom is -0.478 e. The molecule has 2 aromatic carbocycles. The Balaban J connectivity index is 1.94. The second-order valence-corrected chi connectivity index (χ2v) is 6.44. The van der Waals surface area contributed by atoms with Crippen LogP contribution in [0.15, 0.2) is 47.4 Å². The minimum atomic E-state index is -0.922. The molecular weight excluding hydrogens is 306 g/mol. The van der Waals surface area contributed by atoms with Gasteiger partial charge in [0.2, 0.25) is 0 Å². The third-order valence-electron chi connectivity index (χ3n) is 3.50. The van der Waals surface area contributed by atoms with Crippen molar-refractivity contribution in [1.82, 2.24) is 0 Å². The van der Waals surface area contributed by atoms with Gasteiger partial charge in [0, 0.05) is 21.4 Å². The molecule has 0 bridgehead atoms. The second kappa shape index (κ2) is 6.00. The van der Waals surface area contributed by atoms with Gasteiger partial charge < -0.3 is 10.4 Å². The Morgan fingerprint density at radius 3 is 2.90 bits per heavy atom. The van der Waals surface area contributed by atoms with Crippen LogP contribution in [-0.2, 0) is 0 Å². The summed E-state index contributed by atoms with van der Waals surface area (Å²) in [5.74, 6) is 0.0799. The number of carbonyl (C=O) groups is 1. The number of anilines is 1. The zero-order valence-corrected chi connectivity index (χ0v) is 12.7. The lowest BCUT2D eigenvalue weighted by molar-refractivity contribution is 0.0698. The number of hydrogen-bond donors (Lipinski definition) is 2. The molecular formula is C16H14ClNO2S. The maximum atomic E-state index is 11.3.